The van der Waals surface area contributed by atoms with E-state index in [-0.39, 0.29) is 18.9 Å². The fraction of sp³-hybridized carbons (Fsp3) is 0.111. The number of hydrogen-bond acceptors (Lipinski definition) is 4. The van der Waals surface area contributed by atoms with Gasteiger partial charge in [0, 0.05) is 22.3 Å². The van der Waals surface area contributed by atoms with Crippen molar-refractivity contribution in [2.24, 2.45) is 0 Å². The van der Waals surface area contributed by atoms with Crippen LogP contribution in [0.25, 0.3) is 10.8 Å². The second kappa shape index (κ2) is 9.64. The molecule has 3 aromatic carbocycles. The van der Waals surface area contributed by atoms with Gasteiger partial charge in [0.1, 0.15) is 23.9 Å². The molecule has 6 nitrogen and oxygen atoms in total. The van der Waals surface area contributed by atoms with E-state index in [1.165, 1.54) is 6.07 Å². The van der Waals surface area contributed by atoms with Crippen molar-refractivity contribution in [2.45, 2.75) is 20.1 Å². The van der Waals surface area contributed by atoms with E-state index in [0.29, 0.717) is 27.9 Å². The van der Waals surface area contributed by atoms with Gasteiger partial charge < -0.3 is 14.5 Å². The summed E-state index contributed by atoms with van der Waals surface area (Å²) < 4.78 is 27.2. The third-order valence-electron chi connectivity index (χ3n) is 5.58. The minimum Gasteiger partial charge on any atom is -0.486 e. The molecule has 1 N–H and O–H groups in total. The summed E-state index contributed by atoms with van der Waals surface area (Å²) in [7, 11) is 0. The number of anilines is 1. The smallest absolute Gasteiger partial charge is 0.292 e. The quantitative estimate of drug-likeness (QED) is 0.279. The molecule has 8 heteroatoms. The number of carbonyl (C=O) groups is 1. The number of rotatable bonds is 7. The molecule has 5 rings (SSSR count). The van der Waals surface area contributed by atoms with Crippen molar-refractivity contribution in [1.29, 1.82) is 0 Å². The number of halogens is 2. The van der Waals surface area contributed by atoms with Gasteiger partial charge in [0.2, 0.25) is 0 Å². The topological polar surface area (TPSA) is 69.3 Å². The Morgan fingerprint density at radius 3 is 2.71 bits per heavy atom. The van der Waals surface area contributed by atoms with Gasteiger partial charge in [0.15, 0.2) is 11.6 Å². The van der Waals surface area contributed by atoms with Crippen LogP contribution in [0, 0.1) is 12.7 Å². The second-order valence-electron chi connectivity index (χ2n) is 8.05. The van der Waals surface area contributed by atoms with E-state index < -0.39 is 11.7 Å². The van der Waals surface area contributed by atoms with Gasteiger partial charge in [-0.15, -0.1) is 0 Å². The Bertz CT molecular complexity index is 1510. The summed E-state index contributed by atoms with van der Waals surface area (Å²) in [5, 5.41) is 9.59. The van der Waals surface area contributed by atoms with Crippen LogP contribution in [0.3, 0.4) is 0 Å². The van der Waals surface area contributed by atoms with Crippen molar-refractivity contribution < 1.29 is 18.3 Å². The maximum Gasteiger partial charge on any atom is 0.292 e. The molecular weight excluding hydrogens is 469 g/mol. The first kappa shape index (κ1) is 22.7. The molecule has 0 bridgehead atoms. The third-order valence-corrected chi connectivity index (χ3v) is 5.93. The van der Waals surface area contributed by atoms with Crippen LogP contribution in [0.5, 0.6) is 5.75 Å². The molecule has 0 spiro atoms. The van der Waals surface area contributed by atoms with Crippen LogP contribution >= 0.6 is 11.6 Å². The molecule has 0 unspecified atom stereocenters. The van der Waals surface area contributed by atoms with Crippen LogP contribution in [0.1, 0.15) is 27.6 Å². The molecule has 0 saturated carbocycles. The van der Waals surface area contributed by atoms with Crippen molar-refractivity contribution in [3.05, 3.63) is 112 Å². The standard InChI is InChI=1S/C27H21ClFN3O3/c1-17-13-26(31-32(17)15-22-23(28)7-4-8-24(22)29)30-27(33)25-12-11-21(35-25)16-34-20-10-9-18-5-2-3-6-19(18)14-20/h2-14H,15-16H2,1H3,(H,30,31,33). The lowest BCUT2D eigenvalue weighted by Crippen LogP contribution is -2.12. The molecule has 0 fully saturated rings. The Labute approximate surface area is 205 Å². The zero-order valence-corrected chi connectivity index (χ0v) is 19.6. The molecule has 5 aromatic rings. The SMILES string of the molecule is Cc1cc(NC(=O)c2ccc(COc3ccc4ccccc4c3)o2)nn1Cc1c(F)cccc1Cl. The molecule has 0 aliphatic heterocycles. The molecule has 0 radical (unpaired) electrons. The van der Waals surface area contributed by atoms with Gasteiger partial charge in [-0.05, 0) is 54.1 Å². The highest BCUT2D eigenvalue weighted by Crippen LogP contribution is 2.23. The van der Waals surface area contributed by atoms with Gasteiger partial charge in [-0.25, -0.2) is 4.39 Å². The zero-order valence-electron chi connectivity index (χ0n) is 18.8. The lowest BCUT2D eigenvalue weighted by atomic mass is 10.1. The van der Waals surface area contributed by atoms with Gasteiger partial charge in [-0.1, -0.05) is 48.0 Å². The van der Waals surface area contributed by atoms with Crippen molar-refractivity contribution in [3.8, 4) is 5.75 Å². The Balaban J connectivity index is 1.22. The predicted octanol–water partition coefficient (Wildman–Crippen LogP) is 6.61. The Morgan fingerprint density at radius 1 is 1.06 bits per heavy atom. The number of nitrogens with zero attached hydrogens (tertiary/aromatic N) is 2. The molecular formula is C27H21ClFN3O3. The van der Waals surface area contributed by atoms with Crippen LogP contribution in [0.4, 0.5) is 10.2 Å². The number of benzene rings is 3. The molecule has 1 amide bonds. The summed E-state index contributed by atoms with van der Waals surface area (Å²) in [5.74, 6) is 0.820. The number of aromatic nitrogens is 2. The van der Waals surface area contributed by atoms with Gasteiger partial charge >= 0.3 is 0 Å². The van der Waals surface area contributed by atoms with Gasteiger partial charge in [0.25, 0.3) is 5.91 Å². The fourth-order valence-electron chi connectivity index (χ4n) is 3.73. The average molecular weight is 490 g/mol. The summed E-state index contributed by atoms with van der Waals surface area (Å²) in [6.45, 7) is 2.14. The summed E-state index contributed by atoms with van der Waals surface area (Å²) in [6, 6.07) is 23.4. The number of fused-ring (bicyclic) bond motifs is 1. The highest BCUT2D eigenvalue weighted by Gasteiger charge is 2.16. The lowest BCUT2D eigenvalue weighted by molar-refractivity contribution is 0.0992. The number of ether oxygens (including phenoxy) is 1. The Hall–Kier alpha value is -4.10. The number of nitrogens with one attached hydrogen (secondary N) is 1. The number of furan rings is 1. The minimum atomic E-state index is -0.449. The average Bonchev–Trinajstić information content (AvgIpc) is 3.46. The highest BCUT2D eigenvalue weighted by atomic mass is 35.5. The fourth-order valence-corrected chi connectivity index (χ4v) is 3.95. The largest absolute Gasteiger partial charge is 0.486 e. The molecule has 0 aliphatic rings. The van der Waals surface area contributed by atoms with Crippen molar-refractivity contribution >= 4 is 34.1 Å². The molecule has 2 aromatic heterocycles. The second-order valence-corrected chi connectivity index (χ2v) is 8.45. The molecule has 0 atom stereocenters. The Kier molecular flexibility index (Phi) is 6.25. The monoisotopic (exact) mass is 489 g/mol. The van der Waals surface area contributed by atoms with E-state index in [0.717, 1.165) is 16.5 Å². The van der Waals surface area contributed by atoms with Gasteiger partial charge in [0.05, 0.1) is 6.54 Å². The highest BCUT2D eigenvalue weighted by molar-refractivity contribution is 6.31. The third kappa shape index (κ3) is 5.05. The first-order valence-corrected chi connectivity index (χ1v) is 11.3. The van der Waals surface area contributed by atoms with E-state index in [1.807, 2.05) is 49.4 Å². The lowest BCUT2D eigenvalue weighted by Gasteiger charge is -2.07. The molecule has 176 valence electrons. The zero-order chi connectivity index (χ0) is 24.4. The number of hydrogen-bond donors (Lipinski definition) is 1. The van der Waals surface area contributed by atoms with E-state index in [2.05, 4.69) is 10.4 Å². The van der Waals surface area contributed by atoms with Crippen molar-refractivity contribution in [2.75, 3.05) is 5.32 Å². The van der Waals surface area contributed by atoms with Crippen molar-refractivity contribution in [1.82, 2.24) is 9.78 Å². The van der Waals surface area contributed by atoms with Crippen LogP contribution in [0.2, 0.25) is 5.02 Å². The summed E-state index contributed by atoms with van der Waals surface area (Å²) in [4.78, 5) is 12.7. The van der Waals surface area contributed by atoms with E-state index in [9.17, 15) is 9.18 Å². The number of carbonyl (C=O) groups excluding carboxylic acids is 1. The maximum absolute atomic E-state index is 14.1. The first-order chi connectivity index (χ1) is 17.0. The normalized spacial score (nSPS) is 11.1. The van der Waals surface area contributed by atoms with Crippen LogP contribution in [-0.2, 0) is 13.2 Å². The van der Waals surface area contributed by atoms with Crippen molar-refractivity contribution in [3.63, 3.8) is 0 Å². The van der Waals surface area contributed by atoms with Crippen LogP contribution in [0.15, 0.2) is 83.3 Å². The van der Waals surface area contributed by atoms with Gasteiger partial charge in [-0.3, -0.25) is 9.48 Å². The number of amides is 1. The Morgan fingerprint density at radius 2 is 1.89 bits per heavy atom. The van der Waals surface area contributed by atoms with Crippen LogP contribution in [-0.4, -0.2) is 15.7 Å². The van der Waals surface area contributed by atoms with E-state index in [4.69, 9.17) is 20.8 Å². The van der Waals surface area contributed by atoms with E-state index in [1.54, 1.807) is 35.0 Å². The predicted molar refractivity (Wildman–Crippen MR) is 132 cm³/mol. The summed E-state index contributed by atoms with van der Waals surface area (Å²) >= 11 is 6.12. The molecule has 0 saturated heterocycles. The maximum atomic E-state index is 14.1. The summed E-state index contributed by atoms with van der Waals surface area (Å²) in [6.07, 6.45) is 0. The molecule has 35 heavy (non-hydrogen) atoms. The van der Waals surface area contributed by atoms with E-state index >= 15 is 0 Å². The molecule has 2 heterocycles. The minimum absolute atomic E-state index is 0.131. The van der Waals surface area contributed by atoms with Gasteiger partial charge in [-0.2, -0.15) is 5.10 Å². The first-order valence-electron chi connectivity index (χ1n) is 11.0. The number of aryl methyl sites for hydroxylation is 1. The summed E-state index contributed by atoms with van der Waals surface area (Å²) in [5.41, 5.74) is 1.07. The molecule has 0 aliphatic carbocycles. The van der Waals surface area contributed by atoms with Crippen LogP contribution < -0.4 is 10.1 Å².